The summed E-state index contributed by atoms with van der Waals surface area (Å²) >= 11 is 0. The minimum atomic E-state index is -3.97. The van der Waals surface area contributed by atoms with Gasteiger partial charge in [-0.2, -0.15) is 0 Å². The number of amides is 1. The van der Waals surface area contributed by atoms with Crippen LogP contribution in [0.2, 0.25) is 0 Å². The van der Waals surface area contributed by atoms with Crippen LogP contribution in [0.15, 0.2) is 59.8 Å². The van der Waals surface area contributed by atoms with Gasteiger partial charge in [0.25, 0.3) is 15.9 Å². The standard InChI is InChI=1S/C22H20N4O8S/c1-13(27)33-18-9-4-15(10-19(18)34-14(2)28)22(29)25-16-5-7-17(8-6-16)35(30,31)26-20-11-21(32-3)24-12-23-20/h4-12H,1-3H3,(H,25,29)(H,23,24,26). The van der Waals surface area contributed by atoms with E-state index < -0.39 is 27.9 Å². The third-order valence-electron chi connectivity index (χ3n) is 4.23. The molecule has 12 nitrogen and oxygen atoms in total. The molecule has 13 heteroatoms. The van der Waals surface area contributed by atoms with Crippen LogP contribution in [0.25, 0.3) is 0 Å². The molecular weight excluding hydrogens is 480 g/mol. The lowest BCUT2D eigenvalue weighted by molar-refractivity contribution is -0.134. The molecule has 0 spiro atoms. The predicted octanol–water partition coefficient (Wildman–Crippen LogP) is 2.39. The van der Waals surface area contributed by atoms with Crippen molar-refractivity contribution in [1.82, 2.24) is 9.97 Å². The van der Waals surface area contributed by atoms with E-state index in [4.69, 9.17) is 14.2 Å². The second-order valence-corrected chi connectivity index (χ2v) is 8.56. The summed E-state index contributed by atoms with van der Waals surface area (Å²) in [6.07, 6.45) is 1.15. The van der Waals surface area contributed by atoms with Crippen LogP contribution in [-0.4, -0.2) is 43.3 Å². The van der Waals surface area contributed by atoms with Crippen molar-refractivity contribution in [2.45, 2.75) is 18.7 Å². The summed E-state index contributed by atoms with van der Waals surface area (Å²) in [4.78, 5) is 42.8. The van der Waals surface area contributed by atoms with Gasteiger partial charge < -0.3 is 19.5 Å². The molecule has 1 amide bonds. The van der Waals surface area contributed by atoms with E-state index in [2.05, 4.69) is 20.0 Å². The van der Waals surface area contributed by atoms with E-state index in [1.165, 1.54) is 62.6 Å². The Bertz CT molecular complexity index is 1370. The molecule has 0 bridgehead atoms. The van der Waals surface area contributed by atoms with Crippen molar-refractivity contribution in [3.8, 4) is 17.4 Å². The molecule has 0 aliphatic rings. The third-order valence-corrected chi connectivity index (χ3v) is 5.60. The molecule has 1 aromatic heterocycles. The second kappa shape index (κ2) is 10.6. The van der Waals surface area contributed by atoms with Crippen molar-refractivity contribution in [2.75, 3.05) is 17.1 Å². The van der Waals surface area contributed by atoms with Crippen molar-refractivity contribution in [3.05, 3.63) is 60.4 Å². The van der Waals surface area contributed by atoms with Crippen molar-refractivity contribution in [3.63, 3.8) is 0 Å². The van der Waals surface area contributed by atoms with Crippen LogP contribution in [-0.2, 0) is 19.6 Å². The highest BCUT2D eigenvalue weighted by Gasteiger charge is 2.17. The maximum Gasteiger partial charge on any atom is 0.308 e. The molecule has 0 fully saturated rings. The summed E-state index contributed by atoms with van der Waals surface area (Å²) in [5, 5.41) is 2.60. The van der Waals surface area contributed by atoms with Gasteiger partial charge in [0, 0.05) is 31.2 Å². The SMILES string of the molecule is COc1cc(NS(=O)(=O)c2ccc(NC(=O)c3ccc(OC(C)=O)c(OC(C)=O)c3)cc2)ncn1. The number of rotatable bonds is 8. The number of carbonyl (C=O) groups is 3. The number of hydrogen-bond acceptors (Lipinski definition) is 10. The summed E-state index contributed by atoms with van der Waals surface area (Å²) in [6, 6.07) is 10.6. The van der Waals surface area contributed by atoms with E-state index in [-0.39, 0.29) is 33.7 Å². The first kappa shape index (κ1) is 25.1. The quantitative estimate of drug-likeness (QED) is 0.347. The van der Waals surface area contributed by atoms with Gasteiger partial charge in [0.05, 0.1) is 12.0 Å². The van der Waals surface area contributed by atoms with Crippen LogP contribution in [0.5, 0.6) is 17.4 Å². The Hall–Kier alpha value is -4.52. The Labute approximate surface area is 200 Å². The average molecular weight is 500 g/mol. The summed E-state index contributed by atoms with van der Waals surface area (Å²) in [6.45, 7) is 2.35. The van der Waals surface area contributed by atoms with E-state index in [1.807, 2.05) is 0 Å². The fourth-order valence-electron chi connectivity index (χ4n) is 2.75. The first-order valence-electron chi connectivity index (χ1n) is 9.88. The van der Waals surface area contributed by atoms with Crippen molar-refractivity contribution in [2.24, 2.45) is 0 Å². The fraction of sp³-hybridized carbons (Fsp3) is 0.136. The highest BCUT2D eigenvalue weighted by Crippen LogP contribution is 2.29. The summed E-state index contributed by atoms with van der Waals surface area (Å²) in [7, 11) is -2.58. The van der Waals surface area contributed by atoms with Gasteiger partial charge in [-0.25, -0.2) is 18.4 Å². The number of sulfonamides is 1. The molecule has 0 atom stereocenters. The number of nitrogens with zero attached hydrogens (tertiary/aromatic N) is 2. The van der Waals surface area contributed by atoms with E-state index >= 15 is 0 Å². The molecule has 2 N–H and O–H groups in total. The first-order chi connectivity index (χ1) is 16.6. The molecule has 0 saturated carbocycles. The Balaban J connectivity index is 1.75. The molecule has 0 radical (unpaired) electrons. The Morgan fingerprint density at radius 3 is 2.14 bits per heavy atom. The molecule has 0 aliphatic carbocycles. The minimum absolute atomic E-state index is 0.0207. The average Bonchev–Trinajstić information content (AvgIpc) is 2.79. The van der Waals surface area contributed by atoms with Crippen LogP contribution in [0.3, 0.4) is 0 Å². The van der Waals surface area contributed by atoms with Gasteiger partial charge in [0.2, 0.25) is 5.88 Å². The molecule has 1 heterocycles. The first-order valence-corrected chi connectivity index (χ1v) is 11.4. The second-order valence-electron chi connectivity index (χ2n) is 6.88. The van der Waals surface area contributed by atoms with Crippen LogP contribution in [0.4, 0.5) is 11.5 Å². The molecular formula is C22H20N4O8S. The summed E-state index contributed by atoms with van der Waals surface area (Å²) in [5.41, 5.74) is 0.406. The van der Waals surface area contributed by atoms with E-state index in [1.54, 1.807) is 0 Å². The normalized spacial score (nSPS) is 10.7. The third kappa shape index (κ3) is 6.74. The largest absolute Gasteiger partial charge is 0.481 e. The van der Waals surface area contributed by atoms with Gasteiger partial charge in [-0.15, -0.1) is 0 Å². The summed E-state index contributed by atoms with van der Waals surface area (Å²) in [5.74, 6) is -1.78. The van der Waals surface area contributed by atoms with E-state index in [0.29, 0.717) is 5.69 Å². The lowest BCUT2D eigenvalue weighted by atomic mass is 10.2. The Morgan fingerprint density at radius 1 is 0.857 bits per heavy atom. The fourth-order valence-corrected chi connectivity index (χ4v) is 3.75. The molecule has 3 rings (SSSR count). The molecule has 0 saturated heterocycles. The minimum Gasteiger partial charge on any atom is -0.481 e. The topological polar surface area (TPSA) is 163 Å². The number of nitrogens with one attached hydrogen (secondary N) is 2. The Morgan fingerprint density at radius 2 is 1.51 bits per heavy atom. The van der Waals surface area contributed by atoms with Crippen LogP contribution in [0, 0.1) is 0 Å². The number of carbonyl (C=O) groups excluding carboxylic acids is 3. The monoisotopic (exact) mass is 500 g/mol. The molecule has 0 aliphatic heterocycles. The lowest BCUT2D eigenvalue weighted by Gasteiger charge is -2.11. The van der Waals surface area contributed by atoms with Crippen molar-refractivity contribution < 1.29 is 37.0 Å². The van der Waals surface area contributed by atoms with Crippen LogP contribution >= 0.6 is 0 Å². The van der Waals surface area contributed by atoms with Crippen molar-refractivity contribution >= 4 is 39.4 Å². The zero-order valence-corrected chi connectivity index (χ0v) is 19.6. The number of benzene rings is 2. The van der Waals surface area contributed by atoms with E-state index in [0.717, 1.165) is 13.3 Å². The van der Waals surface area contributed by atoms with Crippen molar-refractivity contribution in [1.29, 1.82) is 0 Å². The van der Waals surface area contributed by atoms with Gasteiger partial charge >= 0.3 is 11.9 Å². The highest BCUT2D eigenvalue weighted by atomic mass is 32.2. The Kier molecular flexibility index (Phi) is 7.61. The number of esters is 2. The number of aromatic nitrogens is 2. The zero-order chi connectivity index (χ0) is 25.6. The predicted molar refractivity (Wildman–Crippen MR) is 123 cm³/mol. The lowest BCUT2D eigenvalue weighted by Crippen LogP contribution is -2.15. The maximum atomic E-state index is 12.7. The molecule has 3 aromatic rings. The van der Waals surface area contributed by atoms with Gasteiger partial charge in [-0.3, -0.25) is 19.1 Å². The van der Waals surface area contributed by atoms with E-state index in [9.17, 15) is 22.8 Å². The molecule has 182 valence electrons. The van der Waals surface area contributed by atoms with Gasteiger partial charge in [-0.05, 0) is 42.5 Å². The molecule has 2 aromatic carbocycles. The summed E-state index contributed by atoms with van der Waals surface area (Å²) < 4.78 is 42.5. The van der Waals surface area contributed by atoms with Gasteiger partial charge in [-0.1, -0.05) is 0 Å². The smallest absolute Gasteiger partial charge is 0.308 e. The van der Waals surface area contributed by atoms with Gasteiger partial charge in [0.15, 0.2) is 11.5 Å². The number of ether oxygens (including phenoxy) is 3. The zero-order valence-electron chi connectivity index (χ0n) is 18.8. The van der Waals surface area contributed by atoms with Gasteiger partial charge in [0.1, 0.15) is 12.1 Å². The molecule has 35 heavy (non-hydrogen) atoms. The van der Waals surface area contributed by atoms with Crippen LogP contribution in [0.1, 0.15) is 24.2 Å². The number of hydrogen-bond donors (Lipinski definition) is 2. The van der Waals surface area contributed by atoms with Crippen LogP contribution < -0.4 is 24.2 Å². The highest BCUT2D eigenvalue weighted by molar-refractivity contribution is 7.92. The molecule has 0 unspecified atom stereocenters. The number of methoxy groups -OCH3 is 1. The maximum absolute atomic E-state index is 12.7. The number of anilines is 2.